The summed E-state index contributed by atoms with van der Waals surface area (Å²) in [6.07, 6.45) is 7.82. The molecule has 148 valence electrons. The van der Waals surface area contributed by atoms with Crippen molar-refractivity contribution in [3.8, 4) is 22.8 Å². The molecule has 2 aromatic heterocycles. The molecule has 29 heavy (non-hydrogen) atoms. The second kappa shape index (κ2) is 7.41. The van der Waals surface area contributed by atoms with Crippen LogP contribution in [0, 0.1) is 0 Å². The number of benzene rings is 2. The summed E-state index contributed by atoms with van der Waals surface area (Å²) >= 11 is 0. The molecular weight excluding hydrogens is 364 g/mol. The summed E-state index contributed by atoms with van der Waals surface area (Å²) < 4.78 is 18.1. The number of nitrogens with two attached hydrogens (primary N) is 1. The summed E-state index contributed by atoms with van der Waals surface area (Å²) in [5.74, 6) is 2.33. The summed E-state index contributed by atoms with van der Waals surface area (Å²) in [7, 11) is 1.67. The topological polar surface area (TPSA) is 70.5 Å². The number of methoxy groups -OCH3 is 1. The fourth-order valence-corrected chi connectivity index (χ4v) is 4.16. The Hall–Kier alpha value is -3.05. The van der Waals surface area contributed by atoms with Crippen LogP contribution in [-0.2, 0) is 0 Å². The molecule has 5 rings (SSSR count). The van der Waals surface area contributed by atoms with Gasteiger partial charge in [-0.05, 0) is 43.9 Å². The van der Waals surface area contributed by atoms with Crippen LogP contribution in [0.3, 0.4) is 0 Å². The Labute approximate surface area is 169 Å². The van der Waals surface area contributed by atoms with Crippen molar-refractivity contribution in [3.63, 3.8) is 0 Å². The first-order valence-electron chi connectivity index (χ1n) is 10.1. The van der Waals surface area contributed by atoms with E-state index in [1.165, 1.54) is 0 Å². The Bertz CT molecular complexity index is 1130. The van der Waals surface area contributed by atoms with E-state index in [4.69, 9.17) is 19.6 Å². The molecule has 0 radical (unpaired) electrons. The van der Waals surface area contributed by atoms with Crippen LogP contribution in [0.4, 0.5) is 0 Å². The average Bonchev–Trinajstić information content (AvgIpc) is 3.18. The molecule has 0 atom stereocenters. The molecule has 1 aliphatic carbocycles. The van der Waals surface area contributed by atoms with E-state index < -0.39 is 0 Å². The van der Waals surface area contributed by atoms with Crippen LogP contribution in [0.25, 0.3) is 33.1 Å². The number of rotatable bonds is 4. The molecule has 1 saturated carbocycles. The minimum absolute atomic E-state index is 0.188. The van der Waals surface area contributed by atoms with Crippen LogP contribution in [0.15, 0.2) is 59.3 Å². The average molecular weight is 388 g/mol. The molecular formula is C24H24N2O3. The Balaban J connectivity index is 1.59. The summed E-state index contributed by atoms with van der Waals surface area (Å²) in [6.45, 7) is 0. The summed E-state index contributed by atoms with van der Waals surface area (Å²) in [5, 5.41) is 3.00. The zero-order valence-electron chi connectivity index (χ0n) is 16.4. The highest BCUT2D eigenvalue weighted by molar-refractivity contribution is 6.00. The zero-order valence-corrected chi connectivity index (χ0v) is 16.4. The van der Waals surface area contributed by atoms with Crippen molar-refractivity contribution in [2.45, 2.75) is 37.8 Å². The SMILES string of the molecule is COc1cc(O[C@H]2CC[C@H](N)CC2)cc2c(-c3cc4ccccc4o3)cncc12. The second-order valence-electron chi connectivity index (χ2n) is 7.71. The van der Waals surface area contributed by atoms with Crippen LogP contribution < -0.4 is 15.2 Å². The lowest BCUT2D eigenvalue weighted by Gasteiger charge is -2.27. The number of ether oxygens (including phenoxy) is 2. The molecule has 0 spiro atoms. The quantitative estimate of drug-likeness (QED) is 0.513. The van der Waals surface area contributed by atoms with Gasteiger partial charge >= 0.3 is 0 Å². The summed E-state index contributed by atoms with van der Waals surface area (Å²) in [4.78, 5) is 4.43. The van der Waals surface area contributed by atoms with Crippen LogP contribution in [0.2, 0.25) is 0 Å². The van der Waals surface area contributed by atoms with Crippen LogP contribution >= 0.6 is 0 Å². The van der Waals surface area contributed by atoms with Gasteiger partial charge in [0.2, 0.25) is 0 Å². The molecule has 5 nitrogen and oxygen atoms in total. The van der Waals surface area contributed by atoms with E-state index in [9.17, 15) is 0 Å². The molecule has 5 heteroatoms. The van der Waals surface area contributed by atoms with Gasteiger partial charge in [0.25, 0.3) is 0 Å². The fraction of sp³-hybridized carbons (Fsp3) is 0.292. The maximum absolute atomic E-state index is 6.32. The van der Waals surface area contributed by atoms with Gasteiger partial charge < -0.3 is 19.6 Å². The van der Waals surface area contributed by atoms with E-state index in [0.717, 1.165) is 70.2 Å². The maximum atomic E-state index is 6.32. The van der Waals surface area contributed by atoms with E-state index in [1.54, 1.807) is 7.11 Å². The molecule has 1 aliphatic rings. The van der Waals surface area contributed by atoms with Crippen molar-refractivity contribution in [1.82, 2.24) is 4.98 Å². The first-order chi connectivity index (χ1) is 14.2. The van der Waals surface area contributed by atoms with Gasteiger partial charge in [-0.2, -0.15) is 0 Å². The minimum atomic E-state index is 0.188. The van der Waals surface area contributed by atoms with E-state index in [1.807, 2.05) is 48.8 Å². The van der Waals surface area contributed by atoms with Gasteiger partial charge in [0.15, 0.2) is 0 Å². The molecule has 2 heterocycles. The van der Waals surface area contributed by atoms with Crippen LogP contribution in [-0.4, -0.2) is 24.2 Å². The van der Waals surface area contributed by atoms with E-state index >= 15 is 0 Å². The van der Waals surface area contributed by atoms with Crippen molar-refractivity contribution in [1.29, 1.82) is 0 Å². The lowest BCUT2D eigenvalue weighted by molar-refractivity contribution is 0.147. The van der Waals surface area contributed by atoms with Crippen molar-refractivity contribution < 1.29 is 13.9 Å². The van der Waals surface area contributed by atoms with Gasteiger partial charge in [0, 0.05) is 46.2 Å². The lowest BCUT2D eigenvalue weighted by atomic mass is 9.93. The number of furan rings is 1. The third kappa shape index (κ3) is 3.42. The molecule has 2 N–H and O–H groups in total. The van der Waals surface area contributed by atoms with Crippen molar-refractivity contribution in [3.05, 3.63) is 54.9 Å². The molecule has 0 bridgehead atoms. The van der Waals surface area contributed by atoms with Crippen LogP contribution in [0.5, 0.6) is 11.5 Å². The van der Waals surface area contributed by atoms with E-state index in [0.29, 0.717) is 6.04 Å². The summed E-state index contributed by atoms with van der Waals surface area (Å²) in [5.41, 5.74) is 7.82. The molecule has 0 unspecified atom stereocenters. The fourth-order valence-electron chi connectivity index (χ4n) is 4.16. The Morgan fingerprint density at radius 3 is 2.62 bits per heavy atom. The first kappa shape index (κ1) is 18.0. The third-order valence-corrected chi connectivity index (χ3v) is 5.75. The largest absolute Gasteiger partial charge is 0.496 e. The number of hydrogen-bond acceptors (Lipinski definition) is 5. The molecule has 4 aromatic rings. The Morgan fingerprint density at radius 2 is 1.83 bits per heavy atom. The van der Waals surface area contributed by atoms with Gasteiger partial charge in [0.05, 0.1) is 13.2 Å². The molecule has 1 fully saturated rings. The standard InChI is InChI=1S/C24H24N2O3/c1-27-23-12-18(28-17-8-6-16(25)7-9-17)11-19-20(23)13-26-14-21(19)24-10-15-4-2-3-5-22(15)29-24/h2-5,10-14,16-17H,6-9,25H2,1H3/t16-,17-. The maximum Gasteiger partial charge on any atom is 0.137 e. The number of fused-ring (bicyclic) bond motifs is 2. The van der Waals surface area contributed by atoms with Gasteiger partial charge in [0.1, 0.15) is 22.8 Å². The number of aromatic nitrogens is 1. The number of nitrogens with zero attached hydrogens (tertiary/aromatic N) is 1. The van der Waals surface area contributed by atoms with Crippen molar-refractivity contribution >= 4 is 21.7 Å². The van der Waals surface area contributed by atoms with Gasteiger partial charge in [-0.25, -0.2) is 0 Å². The Morgan fingerprint density at radius 1 is 1.00 bits per heavy atom. The van der Waals surface area contributed by atoms with E-state index in [-0.39, 0.29) is 6.10 Å². The highest BCUT2D eigenvalue weighted by Crippen LogP contribution is 2.39. The van der Waals surface area contributed by atoms with Gasteiger partial charge in [-0.3, -0.25) is 4.98 Å². The molecule has 0 aliphatic heterocycles. The van der Waals surface area contributed by atoms with E-state index in [2.05, 4.69) is 11.1 Å². The van der Waals surface area contributed by atoms with Crippen molar-refractivity contribution in [2.75, 3.05) is 7.11 Å². The number of pyridine rings is 1. The van der Waals surface area contributed by atoms with Crippen LogP contribution in [0.1, 0.15) is 25.7 Å². The highest BCUT2D eigenvalue weighted by atomic mass is 16.5. The van der Waals surface area contributed by atoms with Crippen molar-refractivity contribution in [2.24, 2.45) is 5.73 Å². The second-order valence-corrected chi connectivity index (χ2v) is 7.71. The predicted octanol–water partition coefficient (Wildman–Crippen LogP) is 5.31. The zero-order chi connectivity index (χ0) is 19.8. The van der Waals surface area contributed by atoms with Gasteiger partial charge in [-0.15, -0.1) is 0 Å². The van der Waals surface area contributed by atoms with Gasteiger partial charge in [-0.1, -0.05) is 18.2 Å². The molecule has 0 saturated heterocycles. The number of para-hydroxylation sites is 1. The summed E-state index contributed by atoms with van der Waals surface area (Å²) in [6, 6.07) is 14.4. The highest BCUT2D eigenvalue weighted by Gasteiger charge is 2.21. The molecule has 2 aromatic carbocycles. The lowest BCUT2D eigenvalue weighted by Crippen LogP contribution is -2.31. The monoisotopic (exact) mass is 388 g/mol. The first-order valence-corrected chi connectivity index (χ1v) is 10.1. The minimum Gasteiger partial charge on any atom is -0.496 e. The predicted molar refractivity (Wildman–Crippen MR) is 114 cm³/mol. The normalized spacial score (nSPS) is 19.5. The smallest absolute Gasteiger partial charge is 0.137 e. The third-order valence-electron chi connectivity index (χ3n) is 5.75. The Kier molecular flexibility index (Phi) is 4.60. The number of hydrogen-bond donors (Lipinski definition) is 1. The molecule has 0 amide bonds.